The molecule has 1 N–H and O–H groups in total. The summed E-state index contributed by atoms with van der Waals surface area (Å²) >= 11 is 1.62. The summed E-state index contributed by atoms with van der Waals surface area (Å²) in [6.07, 6.45) is 0.537. The molecule has 1 aromatic rings. The second kappa shape index (κ2) is 6.50. The Morgan fingerprint density at radius 1 is 1.50 bits per heavy atom. The van der Waals surface area contributed by atoms with Gasteiger partial charge in [-0.3, -0.25) is 4.79 Å². The quantitative estimate of drug-likeness (QED) is 0.765. The summed E-state index contributed by atoms with van der Waals surface area (Å²) in [6, 6.07) is 3.98. The number of carbonyl (C=O) groups is 1. The van der Waals surface area contributed by atoms with Gasteiger partial charge in [0.05, 0.1) is 7.11 Å². The maximum Gasteiger partial charge on any atom is 0.223 e. The number of ether oxygens (including phenoxy) is 1. The Kier molecular flexibility index (Phi) is 5.28. The molecule has 1 amide bonds. The molecule has 90 valence electrons. The fraction of sp³-hybridized carbons (Fsp3) is 0.545. The van der Waals surface area contributed by atoms with Crippen LogP contribution in [0.2, 0.25) is 0 Å². The van der Waals surface area contributed by atoms with E-state index < -0.39 is 0 Å². The number of nitrogens with zero attached hydrogens (tertiary/aromatic N) is 1. The largest absolute Gasteiger partial charge is 0.487 e. The molecule has 1 heterocycles. The Morgan fingerprint density at radius 2 is 2.25 bits per heavy atom. The Hall–Kier alpha value is -1.07. The average molecular weight is 242 g/mol. The number of hydrogen-bond acceptors (Lipinski definition) is 4. The van der Waals surface area contributed by atoms with Gasteiger partial charge in [-0.2, -0.15) is 0 Å². The normalized spacial score (nSPS) is 10.2. The van der Waals surface area contributed by atoms with Crippen LogP contribution in [-0.4, -0.2) is 38.6 Å². The van der Waals surface area contributed by atoms with Crippen molar-refractivity contribution in [3.8, 4) is 5.06 Å². The van der Waals surface area contributed by atoms with Gasteiger partial charge in [-0.25, -0.2) is 0 Å². The van der Waals surface area contributed by atoms with E-state index in [9.17, 15) is 4.79 Å². The smallest absolute Gasteiger partial charge is 0.223 e. The Morgan fingerprint density at radius 3 is 2.81 bits per heavy atom. The highest BCUT2D eigenvalue weighted by Crippen LogP contribution is 2.23. The van der Waals surface area contributed by atoms with Crippen molar-refractivity contribution in [3.63, 3.8) is 0 Å². The van der Waals surface area contributed by atoms with E-state index in [1.165, 1.54) is 4.88 Å². The number of carbonyl (C=O) groups excluding carboxylic acids is 1. The highest BCUT2D eigenvalue weighted by molar-refractivity contribution is 7.13. The van der Waals surface area contributed by atoms with E-state index in [1.54, 1.807) is 37.4 Å². The van der Waals surface area contributed by atoms with Gasteiger partial charge >= 0.3 is 0 Å². The molecule has 0 saturated carbocycles. The Bertz CT molecular complexity index is 336. The molecule has 0 aliphatic heterocycles. The van der Waals surface area contributed by atoms with Gasteiger partial charge < -0.3 is 15.0 Å². The Balaban J connectivity index is 2.18. The van der Waals surface area contributed by atoms with E-state index >= 15 is 0 Å². The van der Waals surface area contributed by atoms with Crippen molar-refractivity contribution >= 4 is 17.2 Å². The van der Waals surface area contributed by atoms with Crippen molar-refractivity contribution in [2.45, 2.75) is 13.0 Å². The van der Waals surface area contributed by atoms with E-state index in [2.05, 4.69) is 5.32 Å². The van der Waals surface area contributed by atoms with E-state index in [0.717, 1.165) is 11.6 Å². The molecule has 0 radical (unpaired) electrons. The van der Waals surface area contributed by atoms with Gasteiger partial charge in [-0.1, -0.05) is 0 Å². The first kappa shape index (κ1) is 13.0. The molecular formula is C11H18N2O2S. The first-order valence-electron chi connectivity index (χ1n) is 5.17. The highest BCUT2D eigenvalue weighted by Gasteiger charge is 2.03. The van der Waals surface area contributed by atoms with Gasteiger partial charge in [0.2, 0.25) is 5.91 Å². The summed E-state index contributed by atoms with van der Waals surface area (Å²) in [5.74, 6) is 0.149. The van der Waals surface area contributed by atoms with Crippen molar-refractivity contribution < 1.29 is 9.53 Å². The van der Waals surface area contributed by atoms with Crippen molar-refractivity contribution in [2.75, 3.05) is 27.7 Å². The third-order valence-electron chi connectivity index (χ3n) is 2.15. The fourth-order valence-corrected chi connectivity index (χ4v) is 1.98. The minimum absolute atomic E-state index is 0.149. The van der Waals surface area contributed by atoms with Crippen molar-refractivity contribution in [1.82, 2.24) is 10.2 Å². The van der Waals surface area contributed by atoms with Gasteiger partial charge in [0.15, 0.2) is 5.06 Å². The fourth-order valence-electron chi connectivity index (χ4n) is 1.19. The molecule has 0 aliphatic rings. The average Bonchev–Trinajstić information content (AvgIpc) is 2.71. The van der Waals surface area contributed by atoms with Gasteiger partial charge in [-0.05, 0) is 12.1 Å². The lowest BCUT2D eigenvalue weighted by Gasteiger charge is -2.09. The lowest BCUT2D eigenvalue weighted by atomic mass is 10.3. The van der Waals surface area contributed by atoms with Crippen molar-refractivity contribution in [1.29, 1.82) is 0 Å². The van der Waals surface area contributed by atoms with E-state index in [-0.39, 0.29) is 5.91 Å². The van der Waals surface area contributed by atoms with Crippen LogP contribution in [0.3, 0.4) is 0 Å². The Labute approximate surface area is 100 Å². The minimum Gasteiger partial charge on any atom is -0.487 e. The second-order valence-corrected chi connectivity index (χ2v) is 4.77. The number of nitrogens with one attached hydrogen (secondary N) is 1. The van der Waals surface area contributed by atoms with Crippen LogP contribution >= 0.6 is 11.3 Å². The summed E-state index contributed by atoms with van der Waals surface area (Å²) in [4.78, 5) is 14.1. The van der Waals surface area contributed by atoms with Crippen LogP contribution in [0.25, 0.3) is 0 Å². The first-order chi connectivity index (χ1) is 7.63. The van der Waals surface area contributed by atoms with E-state index in [1.807, 2.05) is 12.1 Å². The second-order valence-electron chi connectivity index (χ2n) is 3.64. The molecule has 5 heteroatoms. The topological polar surface area (TPSA) is 41.6 Å². The molecule has 0 unspecified atom stereocenters. The number of methoxy groups -OCH3 is 1. The number of rotatable bonds is 6. The van der Waals surface area contributed by atoms with Crippen molar-refractivity contribution in [2.24, 2.45) is 0 Å². The molecule has 0 fully saturated rings. The van der Waals surface area contributed by atoms with Crippen molar-refractivity contribution in [3.05, 3.63) is 17.0 Å². The van der Waals surface area contributed by atoms with Crippen LogP contribution in [0.4, 0.5) is 0 Å². The number of hydrogen-bond donors (Lipinski definition) is 1. The molecule has 0 bridgehead atoms. The highest BCUT2D eigenvalue weighted by atomic mass is 32.1. The molecule has 1 rings (SSSR count). The van der Waals surface area contributed by atoms with E-state index in [4.69, 9.17) is 4.74 Å². The number of thiophene rings is 1. The predicted octanol–water partition coefficient (Wildman–Crippen LogP) is 1.32. The SMILES string of the molecule is COc1ccc(CNCCC(=O)N(C)C)s1. The molecule has 0 atom stereocenters. The summed E-state index contributed by atoms with van der Waals surface area (Å²) in [6.45, 7) is 1.49. The third-order valence-corrected chi connectivity index (χ3v) is 3.20. The van der Waals surface area contributed by atoms with Crippen LogP contribution in [0.5, 0.6) is 5.06 Å². The molecule has 16 heavy (non-hydrogen) atoms. The molecule has 0 aliphatic carbocycles. The standard InChI is InChI=1S/C11H18N2O2S/c1-13(2)10(14)6-7-12-8-9-4-5-11(15-3)16-9/h4-5,12H,6-8H2,1-3H3. The summed E-state index contributed by atoms with van der Waals surface area (Å²) in [7, 11) is 5.21. The van der Waals surface area contributed by atoms with E-state index in [0.29, 0.717) is 13.0 Å². The van der Waals surface area contributed by atoms with Gasteiger partial charge in [0, 0.05) is 38.5 Å². The first-order valence-corrected chi connectivity index (χ1v) is 5.98. The van der Waals surface area contributed by atoms with Gasteiger partial charge in [-0.15, -0.1) is 11.3 Å². The van der Waals surface area contributed by atoms with Gasteiger partial charge in [0.1, 0.15) is 0 Å². The maximum atomic E-state index is 11.3. The maximum absolute atomic E-state index is 11.3. The summed E-state index contributed by atoms with van der Waals surface area (Å²) in [5.41, 5.74) is 0. The van der Waals surface area contributed by atoms with Crippen LogP contribution in [0, 0.1) is 0 Å². The van der Waals surface area contributed by atoms with Crippen LogP contribution in [-0.2, 0) is 11.3 Å². The molecule has 0 aromatic carbocycles. The van der Waals surface area contributed by atoms with Crippen LogP contribution in [0.15, 0.2) is 12.1 Å². The lowest BCUT2D eigenvalue weighted by Crippen LogP contribution is -2.26. The zero-order chi connectivity index (χ0) is 12.0. The predicted molar refractivity (Wildman–Crippen MR) is 65.9 cm³/mol. The third kappa shape index (κ3) is 4.20. The molecular weight excluding hydrogens is 224 g/mol. The zero-order valence-electron chi connectivity index (χ0n) is 9.95. The minimum atomic E-state index is 0.149. The lowest BCUT2D eigenvalue weighted by molar-refractivity contribution is -0.128. The van der Waals surface area contributed by atoms with Crippen LogP contribution in [0.1, 0.15) is 11.3 Å². The molecule has 1 aromatic heterocycles. The number of amides is 1. The van der Waals surface area contributed by atoms with Crippen LogP contribution < -0.4 is 10.1 Å². The monoisotopic (exact) mass is 242 g/mol. The zero-order valence-corrected chi connectivity index (χ0v) is 10.8. The summed E-state index contributed by atoms with van der Waals surface area (Å²) < 4.78 is 5.10. The summed E-state index contributed by atoms with van der Waals surface area (Å²) in [5, 5.41) is 4.15. The molecule has 4 nitrogen and oxygen atoms in total. The molecule has 0 spiro atoms. The molecule has 0 saturated heterocycles. The van der Waals surface area contributed by atoms with Gasteiger partial charge in [0.25, 0.3) is 0 Å².